The van der Waals surface area contributed by atoms with Crippen LogP contribution in [0.2, 0.25) is 0 Å². The zero-order valence-electron chi connectivity index (χ0n) is 11.9. The highest BCUT2D eigenvalue weighted by Gasteiger charge is 2.18. The second-order valence-electron chi connectivity index (χ2n) is 5.24. The molecule has 0 saturated carbocycles. The minimum Gasteiger partial charge on any atom is -0.310 e. The number of rotatable bonds is 2. The molecule has 6 heteroatoms. The van der Waals surface area contributed by atoms with Crippen LogP contribution in [0.1, 0.15) is 36.5 Å². The monoisotopic (exact) mass is 300 g/mol. The number of benzene rings is 1. The van der Waals surface area contributed by atoms with Crippen molar-refractivity contribution in [1.82, 2.24) is 14.8 Å². The molecular formula is C16H14F2N4. The van der Waals surface area contributed by atoms with Crippen molar-refractivity contribution in [1.29, 1.82) is 5.26 Å². The molecule has 112 valence electrons. The number of nitrogens with zero attached hydrogens (tertiary/aromatic N) is 4. The average molecular weight is 300 g/mol. The third-order valence-electron chi connectivity index (χ3n) is 3.73. The summed E-state index contributed by atoms with van der Waals surface area (Å²) in [6, 6.07) is 5.31. The lowest BCUT2D eigenvalue weighted by Crippen LogP contribution is -2.05. The molecule has 0 bridgehead atoms. The molecule has 3 rings (SSSR count). The summed E-state index contributed by atoms with van der Waals surface area (Å²) in [5.74, 6) is -0.0517. The van der Waals surface area contributed by atoms with Gasteiger partial charge in [0.2, 0.25) is 0 Å². The van der Waals surface area contributed by atoms with Gasteiger partial charge in [-0.1, -0.05) is 6.42 Å². The molecule has 1 aromatic carbocycles. The van der Waals surface area contributed by atoms with Crippen LogP contribution in [0.3, 0.4) is 0 Å². The summed E-state index contributed by atoms with van der Waals surface area (Å²) in [5.41, 5.74) is 0.384. The van der Waals surface area contributed by atoms with Crippen molar-refractivity contribution in [2.75, 3.05) is 0 Å². The highest BCUT2D eigenvalue weighted by molar-refractivity contribution is 5.87. The fourth-order valence-electron chi connectivity index (χ4n) is 2.61. The predicted octanol–water partition coefficient (Wildman–Crippen LogP) is 3.35. The van der Waals surface area contributed by atoms with Gasteiger partial charge in [-0.2, -0.15) is 5.26 Å². The lowest BCUT2D eigenvalue weighted by atomic mass is 10.1. The maximum Gasteiger partial charge on any atom is 0.174 e. The van der Waals surface area contributed by atoms with Crippen LogP contribution < -0.4 is 0 Å². The Kier molecular flexibility index (Phi) is 3.96. The van der Waals surface area contributed by atoms with E-state index in [1.807, 2.05) is 10.6 Å². The smallest absolute Gasteiger partial charge is 0.174 e. The van der Waals surface area contributed by atoms with Gasteiger partial charge >= 0.3 is 0 Å². The van der Waals surface area contributed by atoms with Gasteiger partial charge in [0.05, 0.1) is 5.57 Å². The maximum absolute atomic E-state index is 13.8. The number of aromatic nitrogens is 3. The van der Waals surface area contributed by atoms with E-state index in [1.54, 1.807) is 0 Å². The van der Waals surface area contributed by atoms with E-state index in [9.17, 15) is 14.0 Å². The third kappa shape index (κ3) is 2.75. The molecule has 0 atom stereocenters. The second kappa shape index (κ2) is 6.06. The zero-order chi connectivity index (χ0) is 15.5. The van der Waals surface area contributed by atoms with Crippen LogP contribution in [-0.2, 0) is 13.0 Å². The van der Waals surface area contributed by atoms with Crippen molar-refractivity contribution in [2.45, 2.75) is 32.2 Å². The number of halogens is 2. The van der Waals surface area contributed by atoms with Crippen molar-refractivity contribution < 1.29 is 8.78 Å². The van der Waals surface area contributed by atoms with E-state index in [0.29, 0.717) is 5.82 Å². The predicted molar refractivity (Wildman–Crippen MR) is 77.4 cm³/mol. The Labute approximate surface area is 126 Å². The van der Waals surface area contributed by atoms with Crippen LogP contribution >= 0.6 is 0 Å². The number of nitriles is 1. The average Bonchev–Trinajstić information content (AvgIpc) is 2.75. The van der Waals surface area contributed by atoms with Gasteiger partial charge in [0.1, 0.15) is 23.5 Å². The minimum atomic E-state index is -0.705. The largest absolute Gasteiger partial charge is 0.310 e. The minimum absolute atomic E-state index is 0.156. The summed E-state index contributed by atoms with van der Waals surface area (Å²) in [6.45, 7) is 0.753. The van der Waals surface area contributed by atoms with Gasteiger partial charge in [-0.25, -0.2) is 8.78 Å². The van der Waals surface area contributed by atoms with Gasteiger partial charge < -0.3 is 4.57 Å². The van der Waals surface area contributed by atoms with Gasteiger partial charge in [-0.15, -0.1) is 10.2 Å². The number of aryl methyl sites for hydroxylation is 1. The highest BCUT2D eigenvalue weighted by atomic mass is 19.1. The van der Waals surface area contributed by atoms with Crippen LogP contribution in [0.25, 0.3) is 11.6 Å². The van der Waals surface area contributed by atoms with Crippen molar-refractivity contribution in [3.63, 3.8) is 0 Å². The molecule has 0 amide bonds. The first-order valence-electron chi connectivity index (χ1n) is 7.18. The maximum atomic E-state index is 13.8. The van der Waals surface area contributed by atoms with Gasteiger partial charge in [0, 0.05) is 24.6 Å². The van der Waals surface area contributed by atoms with E-state index < -0.39 is 11.6 Å². The number of allylic oxidation sites excluding steroid dienone is 1. The molecule has 0 radical (unpaired) electrons. The second-order valence-corrected chi connectivity index (χ2v) is 5.24. The van der Waals surface area contributed by atoms with Crippen LogP contribution in [0.4, 0.5) is 8.78 Å². The Balaban J connectivity index is 2.03. The number of hydrogen-bond donors (Lipinski definition) is 0. The van der Waals surface area contributed by atoms with Gasteiger partial charge in [0.25, 0.3) is 0 Å². The lowest BCUT2D eigenvalue weighted by molar-refractivity contribution is 0.581. The van der Waals surface area contributed by atoms with Gasteiger partial charge in [-0.05, 0) is 31.1 Å². The molecule has 0 saturated heterocycles. The Morgan fingerprint density at radius 1 is 1.23 bits per heavy atom. The molecule has 0 N–H and O–H groups in total. The van der Waals surface area contributed by atoms with Crippen molar-refractivity contribution in [3.8, 4) is 6.07 Å². The fraction of sp³-hybridized carbons (Fsp3) is 0.312. The standard InChI is InChI=1S/C16H14F2N4/c17-13-6-5-11(14(18)9-13)8-12(10-19)16-21-20-15-4-2-1-3-7-22(15)16/h5-6,8-9H,1-4,7H2. The molecule has 0 unspecified atom stereocenters. The quantitative estimate of drug-likeness (QED) is 0.799. The molecule has 2 aromatic rings. The Hall–Kier alpha value is -2.55. The molecule has 0 fully saturated rings. The molecule has 1 aliphatic rings. The van der Waals surface area contributed by atoms with E-state index >= 15 is 0 Å². The van der Waals surface area contributed by atoms with Crippen molar-refractivity contribution in [3.05, 3.63) is 47.0 Å². The molecule has 0 spiro atoms. The summed E-state index contributed by atoms with van der Waals surface area (Å²) >= 11 is 0. The van der Waals surface area contributed by atoms with E-state index in [1.165, 1.54) is 12.1 Å². The molecule has 2 heterocycles. The van der Waals surface area contributed by atoms with E-state index in [-0.39, 0.29) is 11.1 Å². The Morgan fingerprint density at radius 3 is 2.86 bits per heavy atom. The van der Waals surface area contributed by atoms with Gasteiger partial charge in [0.15, 0.2) is 5.82 Å². The Bertz CT molecular complexity index is 771. The highest BCUT2D eigenvalue weighted by Crippen LogP contribution is 2.22. The summed E-state index contributed by atoms with van der Waals surface area (Å²) in [5, 5.41) is 17.6. The van der Waals surface area contributed by atoms with Gasteiger partial charge in [-0.3, -0.25) is 0 Å². The van der Waals surface area contributed by atoms with Crippen LogP contribution in [0.5, 0.6) is 0 Å². The van der Waals surface area contributed by atoms with Crippen molar-refractivity contribution >= 4 is 11.6 Å². The molecule has 22 heavy (non-hydrogen) atoms. The van der Waals surface area contributed by atoms with Crippen LogP contribution in [0.15, 0.2) is 18.2 Å². The lowest BCUT2D eigenvalue weighted by Gasteiger charge is -2.06. The Morgan fingerprint density at radius 2 is 2.09 bits per heavy atom. The fourth-order valence-corrected chi connectivity index (χ4v) is 2.61. The molecule has 1 aliphatic heterocycles. The summed E-state index contributed by atoms with van der Waals surface area (Å²) in [7, 11) is 0. The SMILES string of the molecule is N#CC(=Cc1ccc(F)cc1F)c1nnc2n1CCCCC2. The molecule has 0 aliphatic carbocycles. The number of fused-ring (bicyclic) bond motifs is 1. The van der Waals surface area contributed by atoms with Crippen LogP contribution in [-0.4, -0.2) is 14.8 Å². The van der Waals surface area contributed by atoms with E-state index in [4.69, 9.17) is 0 Å². The topological polar surface area (TPSA) is 54.5 Å². The molecule has 1 aromatic heterocycles. The van der Waals surface area contributed by atoms with E-state index in [0.717, 1.165) is 50.2 Å². The first-order valence-corrected chi connectivity index (χ1v) is 7.18. The molecular weight excluding hydrogens is 286 g/mol. The number of hydrogen-bond acceptors (Lipinski definition) is 3. The van der Waals surface area contributed by atoms with Crippen molar-refractivity contribution in [2.24, 2.45) is 0 Å². The summed E-state index contributed by atoms with van der Waals surface area (Å²) < 4.78 is 28.6. The first-order chi connectivity index (χ1) is 10.7. The first kappa shape index (κ1) is 14.4. The third-order valence-corrected chi connectivity index (χ3v) is 3.73. The van der Waals surface area contributed by atoms with Crippen LogP contribution in [0, 0.1) is 23.0 Å². The normalized spacial score (nSPS) is 15.0. The summed E-state index contributed by atoms with van der Waals surface area (Å²) in [4.78, 5) is 0. The molecule has 4 nitrogen and oxygen atoms in total. The van der Waals surface area contributed by atoms with E-state index in [2.05, 4.69) is 10.2 Å². The summed E-state index contributed by atoms with van der Waals surface area (Å²) in [6.07, 6.45) is 5.38. The zero-order valence-corrected chi connectivity index (χ0v) is 11.9.